The van der Waals surface area contributed by atoms with Crippen molar-refractivity contribution in [3.8, 4) is 17.6 Å². The third-order valence-corrected chi connectivity index (χ3v) is 5.55. The lowest BCUT2D eigenvalue weighted by Crippen LogP contribution is -2.46. The number of amides is 1. The zero-order chi connectivity index (χ0) is 26.0. The van der Waals surface area contributed by atoms with Gasteiger partial charge in [-0.25, -0.2) is 14.6 Å². The Hall–Kier alpha value is -3.57. The van der Waals surface area contributed by atoms with Crippen LogP contribution < -0.4 is 10.1 Å². The highest BCUT2D eigenvalue weighted by Crippen LogP contribution is 2.20. The highest BCUT2D eigenvalue weighted by Gasteiger charge is 2.23. The van der Waals surface area contributed by atoms with E-state index in [0.29, 0.717) is 24.5 Å². The van der Waals surface area contributed by atoms with E-state index in [-0.39, 0.29) is 17.8 Å². The zero-order valence-electron chi connectivity index (χ0n) is 21.5. The number of aromatic nitrogens is 1. The molecule has 1 aliphatic heterocycles. The number of likely N-dealkylation sites (tertiary alicyclic amines) is 1. The SMILES string of the molecule is COC(=O)c1nc(C#CCCN2CCC(NC(=O)OC(C)(C)C)CC2)ccc1OCc1ccccc1. The van der Waals surface area contributed by atoms with Gasteiger partial charge in [0.1, 0.15) is 17.9 Å². The summed E-state index contributed by atoms with van der Waals surface area (Å²) in [6.07, 6.45) is 2.07. The standard InChI is InChI=1S/C28H35N3O5/c1-28(2,3)36-27(33)30-23-15-18-31(19-16-23)17-9-8-12-22-13-14-24(25(29-22)26(32)34-4)35-20-21-10-6-5-7-11-21/h5-7,10-11,13-14,23H,9,15-20H2,1-4H3,(H,30,33). The van der Waals surface area contributed by atoms with Crippen LogP contribution in [-0.4, -0.2) is 60.3 Å². The minimum atomic E-state index is -0.565. The van der Waals surface area contributed by atoms with E-state index in [9.17, 15) is 9.59 Å². The van der Waals surface area contributed by atoms with Crippen molar-refractivity contribution in [1.82, 2.24) is 15.2 Å². The van der Waals surface area contributed by atoms with Gasteiger partial charge in [0.05, 0.1) is 7.11 Å². The number of benzene rings is 1. The molecule has 1 fully saturated rings. The molecule has 1 aromatic carbocycles. The lowest BCUT2D eigenvalue weighted by molar-refractivity contribution is 0.0478. The van der Waals surface area contributed by atoms with Gasteiger partial charge in [0.25, 0.3) is 0 Å². The van der Waals surface area contributed by atoms with Crippen LogP contribution in [0, 0.1) is 11.8 Å². The van der Waals surface area contributed by atoms with Crippen LogP contribution >= 0.6 is 0 Å². The normalized spacial score (nSPS) is 14.3. The number of ether oxygens (including phenoxy) is 3. The third kappa shape index (κ3) is 8.90. The number of nitrogens with zero attached hydrogens (tertiary/aromatic N) is 2. The van der Waals surface area contributed by atoms with Crippen LogP contribution in [0.25, 0.3) is 0 Å². The van der Waals surface area contributed by atoms with Crippen molar-refractivity contribution in [2.75, 3.05) is 26.7 Å². The Morgan fingerprint density at radius 3 is 2.50 bits per heavy atom. The number of carbonyl (C=O) groups excluding carboxylic acids is 2. The second-order valence-corrected chi connectivity index (χ2v) is 9.62. The molecule has 2 heterocycles. The maximum absolute atomic E-state index is 12.2. The van der Waals surface area contributed by atoms with Crippen molar-refractivity contribution < 1.29 is 23.8 Å². The number of esters is 1. The second-order valence-electron chi connectivity index (χ2n) is 9.62. The van der Waals surface area contributed by atoms with Crippen LogP contribution in [0.5, 0.6) is 5.75 Å². The van der Waals surface area contributed by atoms with Crippen LogP contribution in [0.4, 0.5) is 4.79 Å². The first-order chi connectivity index (χ1) is 17.2. The molecule has 8 heteroatoms. The Kier molecular flexibility index (Phi) is 9.71. The van der Waals surface area contributed by atoms with Crippen molar-refractivity contribution in [2.45, 2.75) is 58.3 Å². The molecule has 36 heavy (non-hydrogen) atoms. The zero-order valence-corrected chi connectivity index (χ0v) is 21.5. The monoisotopic (exact) mass is 493 g/mol. The van der Waals surface area contributed by atoms with E-state index >= 15 is 0 Å². The summed E-state index contributed by atoms with van der Waals surface area (Å²) in [4.78, 5) is 30.9. The van der Waals surface area contributed by atoms with Crippen LogP contribution in [0.3, 0.4) is 0 Å². The van der Waals surface area contributed by atoms with Crippen LogP contribution in [0.2, 0.25) is 0 Å². The minimum Gasteiger partial charge on any atom is -0.486 e. The first kappa shape index (κ1) is 27.0. The fraction of sp³-hybridized carbons (Fsp3) is 0.464. The van der Waals surface area contributed by atoms with Gasteiger partial charge in [0.15, 0.2) is 11.4 Å². The van der Waals surface area contributed by atoms with E-state index in [0.717, 1.165) is 38.0 Å². The fourth-order valence-corrected chi connectivity index (χ4v) is 3.75. The van der Waals surface area contributed by atoms with E-state index in [1.54, 1.807) is 12.1 Å². The number of carbonyl (C=O) groups is 2. The second kappa shape index (κ2) is 12.9. The summed E-state index contributed by atoms with van der Waals surface area (Å²) in [5, 5.41) is 2.95. The first-order valence-corrected chi connectivity index (χ1v) is 12.2. The quantitative estimate of drug-likeness (QED) is 0.457. The molecule has 8 nitrogen and oxygen atoms in total. The van der Waals surface area contributed by atoms with Gasteiger partial charge in [-0.05, 0) is 57.2 Å². The largest absolute Gasteiger partial charge is 0.486 e. The maximum Gasteiger partial charge on any atom is 0.407 e. The molecule has 2 aromatic rings. The third-order valence-electron chi connectivity index (χ3n) is 5.55. The van der Waals surface area contributed by atoms with Gasteiger partial charge < -0.3 is 24.4 Å². The summed E-state index contributed by atoms with van der Waals surface area (Å²) in [5.41, 5.74) is 1.09. The lowest BCUT2D eigenvalue weighted by Gasteiger charge is -2.32. The molecule has 0 bridgehead atoms. The number of nitrogens with one attached hydrogen (secondary N) is 1. The number of rotatable bonds is 7. The Balaban J connectivity index is 1.48. The van der Waals surface area contributed by atoms with E-state index in [4.69, 9.17) is 14.2 Å². The van der Waals surface area contributed by atoms with Gasteiger partial charge in [0, 0.05) is 32.1 Å². The van der Waals surface area contributed by atoms with Crippen molar-refractivity contribution >= 4 is 12.1 Å². The summed E-state index contributed by atoms with van der Waals surface area (Å²) in [7, 11) is 1.32. The first-order valence-electron chi connectivity index (χ1n) is 12.2. The van der Waals surface area contributed by atoms with E-state index in [1.165, 1.54) is 7.11 Å². The highest BCUT2D eigenvalue weighted by molar-refractivity contribution is 5.90. The van der Waals surface area contributed by atoms with Crippen LogP contribution in [0.1, 0.15) is 61.8 Å². The molecule has 1 aromatic heterocycles. The fourth-order valence-electron chi connectivity index (χ4n) is 3.75. The Morgan fingerprint density at radius 1 is 1.11 bits per heavy atom. The lowest BCUT2D eigenvalue weighted by atomic mass is 10.1. The molecule has 1 N–H and O–H groups in total. The molecule has 0 unspecified atom stereocenters. The highest BCUT2D eigenvalue weighted by atomic mass is 16.6. The van der Waals surface area contributed by atoms with Gasteiger partial charge in [-0.15, -0.1) is 0 Å². The predicted octanol–water partition coefficient (Wildman–Crippen LogP) is 4.18. The minimum absolute atomic E-state index is 0.111. The van der Waals surface area contributed by atoms with Crippen LogP contribution in [0.15, 0.2) is 42.5 Å². The number of methoxy groups -OCH3 is 1. The predicted molar refractivity (Wildman–Crippen MR) is 137 cm³/mol. The number of hydrogen-bond acceptors (Lipinski definition) is 7. The molecule has 0 saturated carbocycles. The van der Waals surface area contributed by atoms with Gasteiger partial charge in [0.2, 0.25) is 0 Å². The topological polar surface area (TPSA) is 90.0 Å². The van der Waals surface area contributed by atoms with Crippen LogP contribution in [-0.2, 0) is 16.1 Å². The Labute approximate surface area is 213 Å². The molecule has 0 aliphatic carbocycles. The number of alkyl carbamates (subject to hydrolysis) is 1. The summed E-state index contributed by atoms with van der Waals surface area (Å²) in [6, 6.07) is 13.3. The van der Waals surface area contributed by atoms with Gasteiger partial charge >= 0.3 is 12.1 Å². The van der Waals surface area contributed by atoms with Crippen molar-refractivity contribution in [1.29, 1.82) is 0 Å². The molecular weight excluding hydrogens is 458 g/mol. The molecule has 0 radical (unpaired) electrons. The average molecular weight is 494 g/mol. The van der Waals surface area contributed by atoms with Crippen molar-refractivity contribution in [3.63, 3.8) is 0 Å². The Morgan fingerprint density at radius 2 is 1.83 bits per heavy atom. The maximum atomic E-state index is 12.2. The Bertz CT molecular complexity index is 1080. The van der Waals surface area contributed by atoms with E-state index in [1.807, 2.05) is 51.1 Å². The van der Waals surface area contributed by atoms with Crippen molar-refractivity contribution in [3.05, 3.63) is 59.4 Å². The number of pyridine rings is 1. The molecule has 1 saturated heterocycles. The summed E-state index contributed by atoms with van der Waals surface area (Å²) >= 11 is 0. The van der Waals surface area contributed by atoms with Crippen molar-refractivity contribution in [2.24, 2.45) is 0 Å². The summed E-state index contributed by atoms with van der Waals surface area (Å²) in [5.74, 6) is 5.97. The smallest absolute Gasteiger partial charge is 0.407 e. The number of piperidine rings is 1. The van der Waals surface area contributed by atoms with E-state index in [2.05, 4.69) is 27.0 Å². The summed E-state index contributed by atoms with van der Waals surface area (Å²) < 4.78 is 16.0. The molecule has 3 rings (SSSR count). The molecule has 192 valence electrons. The van der Waals surface area contributed by atoms with Gasteiger partial charge in [-0.1, -0.05) is 36.3 Å². The van der Waals surface area contributed by atoms with Gasteiger partial charge in [-0.2, -0.15) is 0 Å². The molecule has 0 spiro atoms. The summed E-state index contributed by atoms with van der Waals surface area (Å²) in [6.45, 7) is 8.50. The van der Waals surface area contributed by atoms with E-state index < -0.39 is 11.6 Å². The number of hydrogen-bond donors (Lipinski definition) is 1. The van der Waals surface area contributed by atoms with Gasteiger partial charge in [-0.3, -0.25) is 0 Å². The molecule has 1 aliphatic rings. The molecule has 1 amide bonds. The average Bonchev–Trinajstić information content (AvgIpc) is 2.85. The molecule has 0 atom stereocenters. The molecular formula is C28H35N3O5.